The Labute approximate surface area is 158 Å². The van der Waals surface area contributed by atoms with E-state index in [4.69, 9.17) is 13.9 Å². The zero-order valence-electron chi connectivity index (χ0n) is 15.1. The highest BCUT2D eigenvalue weighted by Crippen LogP contribution is 2.27. The van der Waals surface area contributed by atoms with Crippen LogP contribution in [0.25, 0.3) is 11.0 Å². The van der Waals surface area contributed by atoms with Gasteiger partial charge in [-0.1, -0.05) is 36.4 Å². The van der Waals surface area contributed by atoms with Crippen LogP contribution in [0.4, 0.5) is 0 Å². The van der Waals surface area contributed by atoms with Crippen LogP contribution in [0.2, 0.25) is 0 Å². The number of amides is 1. The highest BCUT2D eigenvalue weighted by atomic mass is 16.5. The molecule has 140 valence electrons. The van der Waals surface area contributed by atoms with Crippen molar-refractivity contribution in [3.63, 3.8) is 0 Å². The summed E-state index contributed by atoms with van der Waals surface area (Å²) in [6.07, 6.45) is 3.24. The van der Waals surface area contributed by atoms with E-state index in [-0.39, 0.29) is 18.6 Å². The first-order valence-corrected chi connectivity index (χ1v) is 9.39. The lowest BCUT2D eigenvalue weighted by Crippen LogP contribution is -2.27. The Morgan fingerprint density at radius 3 is 2.74 bits per heavy atom. The molecule has 5 heteroatoms. The van der Waals surface area contributed by atoms with E-state index in [1.165, 1.54) is 0 Å². The molecule has 1 aliphatic rings. The highest BCUT2D eigenvalue weighted by molar-refractivity contribution is 5.99. The van der Waals surface area contributed by atoms with Gasteiger partial charge in [0.25, 0.3) is 5.91 Å². The normalized spacial score (nSPS) is 16.5. The second-order valence-electron chi connectivity index (χ2n) is 6.69. The molecule has 27 heavy (non-hydrogen) atoms. The van der Waals surface area contributed by atoms with Gasteiger partial charge in [-0.05, 0) is 37.5 Å². The molecule has 1 N–H and O–H groups in total. The molecule has 1 aromatic heterocycles. The number of ether oxygens (including phenoxy) is 2. The summed E-state index contributed by atoms with van der Waals surface area (Å²) in [6.45, 7) is 1.66. The fourth-order valence-corrected chi connectivity index (χ4v) is 3.40. The Kier molecular flexibility index (Phi) is 5.39. The number of rotatable bonds is 7. The summed E-state index contributed by atoms with van der Waals surface area (Å²) in [4.78, 5) is 12.7. The van der Waals surface area contributed by atoms with Crippen LogP contribution in [0.1, 0.15) is 35.4 Å². The summed E-state index contributed by atoms with van der Waals surface area (Å²) in [5.74, 6) is 0.864. The van der Waals surface area contributed by atoms with E-state index in [9.17, 15) is 4.79 Å². The minimum absolute atomic E-state index is 0.212. The minimum Gasteiger partial charge on any atom is -0.489 e. The van der Waals surface area contributed by atoms with Crippen LogP contribution in [-0.2, 0) is 11.3 Å². The van der Waals surface area contributed by atoms with Crippen molar-refractivity contribution < 1.29 is 18.7 Å². The molecule has 4 rings (SSSR count). The third-order valence-electron chi connectivity index (χ3n) is 4.81. The first-order chi connectivity index (χ1) is 13.3. The van der Waals surface area contributed by atoms with Crippen LogP contribution in [0.3, 0.4) is 0 Å². The van der Waals surface area contributed by atoms with Crippen molar-refractivity contribution in [1.82, 2.24) is 5.32 Å². The molecule has 2 heterocycles. The van der Waals surface area contributed by atoms with Gasteiger partial charge in [-0.2, -0.15) is 0 Å². The van der Waals surface area contributed by atoms with Gasteiger partial charge >= 0.3 is 0 Å². The Morgan fingerprint density at radius 2 is 1.93 bits per heavy atom. The van der Waals surface area contributed by atoms with E-state index in [0.717, 1.165) is 42.6 Å². The predicted octanol–water partition coefficient (Wildman–Crippen LogP) is 4.31. The molecule has 1 saturated heterocycles. The number of fused-ring (bicyclic) bond motifs is 1. The SMILES string of the molecule is O=C(NCCC1CCCO1)c1oc2ccccc2c1COc1ccccc1. The van der Waals surface area contributed by atoms with Crippen LogP contribution in [-0.4, -0.2) is 25.2 Å². The maximum Gasteiger partial charge on any atom is 0.287 e. The molecule has 0 radical (unpaired) electrons. The zero-order chi connectivity index (χ0) is 18.5. The summed E-state index contributed by atoms with van der Waals surface area (Å²) < 4.78 is 17.3. The molecule has 2 aromatic carbocycles. The molecule has 1 aliphatic heterocycles. The van der Waals surface area contributed by atoms with Crippen LogP contribution in [0.15, 0.2) is 59.0 Å². The van der Waals surface area contributed by atoms with Crippen molar-refractivity contribution in [2.75, 3.05) is 13.2 Å². The molecule has 1 fully saturated rings. The molecule has 5 nitrogen and oxygen atoms in total. The standard InChI is InChI=1S/C22H23NO4/c24-22(23-13-12-17-9-6-14-25-17)21-19(15-26-16-7-2-1-3-8-16)18-10-4-5-11-20(18)27-21/h1-5,7-8,10-11,17H,6,9,12-15H2,(H,23,24). The van der Waals surface area contributed by atoms with E-state index < -0.39 is 0 Å². The number of hydrogen-bond donors (Lipinski definition) is 1. The van der Waals surface area contributed by atoms with Crippen molar-refractivity contribution in [2.45, 2.75) is 32.0 Å². The van der Waals surface area contributed by atoms with Crippen molar-refractivity contribution in [3.05, 3.63) is 65.9 Å². The van der Waals surface area contributed by atoms with Crippen LogP contribution in [0, 0.1) is 0 Å². The van der Waals surface area contributed by atoms with Gasteiger partial charge in [0.1, 0.15) is 17.9 Å². The Hall–Kier alpha value is -2.79. The van der Waals surface area contributed by atoms with E-state index in [1.807, 2.05) is 54.6 Å². The Bertz CT molecular complexity index is 897. The smallest absolute Gasteiger partial charge is 0.287 e. The summed E-state index contributed by atoms with van der Waals surface area (Å²) in [5.41, 5.74) is 1.46. The van der Waals surface area contributed by atoms with E-state index in [0.29, 0.717) is 17.9 Å². The largest absolute Gasteiger partial charge is 0.489 e. The van der Waals surface area contributed by atoms with Crippen LogP contribution in [0.5, 0.6) is 5.75 Å². The minimum atomic E-state index is -0.212. The quantitative estimate of drug-likeness (QED) is 0.678. The summed E-state index contributed by atoms with van der Waals surface area (Å²) in [7, 11) is 0. The van der Waals surface area contributed by atoms with Gasteiger partial charge in [0, 0.05) is 24.1 Å². The molecule has 1 amide bonds. The number of carbonyl (C=O) groups excluding carboxylic acids is 1. The number of nitrogens with one attached hydrogen (secondary N) is 1. The average Bonchev–Trinajstić information content (AvgIpc) is 3.35. The molecular weight excluding hydrogens is 342 g/mol. The van der Waals surface area contributed by atoms with Gasteiger partial charge in [0.2, 0.25) is 0 Å². The molecule has 3 aromatic rings. The number of para-hydroxylation sites is 2. The van der Waals surface area contributed by atoms with Crippen molar-refractivity contribution in [3.8, 4) is 5.75 Å². The monoisotopic (exact) mass is 365 g/mol. The van der Waals surface area contributed by atoms with Gasteiger partial charge in [0.05, 0.1) is 6.10 Å². The first kappa shape index (κ1) is 17.6. The summed E-state index contributed by atoms with van der Waals surface area (Å²) >= 11 is 0. The number of carbonyl (C=O) groups is 1. The summed E-state index contributed by atoms with van der Waals surface area (Å²) in [5, 5.41) is 3.86. The molecular formula is C22H23NO4. The van der Waals surface area contributed by atoms with E-state index in [1.54, 1.807) is 0 Å². The maximum absolute atomic E-state index is 12.7. The molecule has 1 unspecified atom stereocenters. The molecule has 0 spiro atoms. The summed E-state index contributed by atoms with van der Waals surface area (Å²) in [6, 6.07) is 17.2. The number of hydrogen-bond acceptors (Lipinski definition) is 4. The fraction of sp³-hybridized carbons (Fsp3) is 0.318. The molecule has 1 atom stereocenters. The third-order valence-corrected chi connectivity index (χ3v) is 4.81. The van der Waals surface area contributed by atoms with E-state index >= 15 is 0 Å². The Morgan fingerprint density at radius 1 is 1.11 bits per heavy atom. The number of benzene rings is 2. The second-order valence-corrected chi connectivity index (χ2v) is 6.69. The third kappa shape index (κ3) is 4.14. The van der Waals surface area contributed by atoms with Gasteiger partial charge < -0.3 is 19.2 Å². The Balaban J connectivity index is 1.49. The number of furan rings is 1. The zero-order valence-corrected chi connectivity index (χ0v) is 15.1. The molecule has 0 bridgehead atoms. The first-order valence-electron chi connectivity index (χ1n) is 9.39. The van der Waals surface area contributed by atoms with Crippen molar-refractivity contribution >= 4 is 16.9 Å². The predicted molar refractivity (Wildman–Crippen MR) is 103 cm³/mol. The molecule has 0 saturated carbocycles. The highest BCUT2D eigenvalue weighted by Gasteiger charge is 2.22. The van der Waals surface area contributed by atoms with Gasteiger partial charge in [-0.3, -0.25) is 4.79 Å². The van der Waals surface area contributed by atoms with Crippen molar-refractivity contribution in [1.29, 1.82) is 0 Å². The van der Waals surface area contributed by atoms with E-state index in [2.05, 4.69) is 5.32 Å². The van der Waals surface area contributed by atoms with Gasteiger partial charge in [-0.25, -0.2) is 0 Å². The fourth-order valence-electron chi connectivity index (χ4n) is 3.40. The van der Waals surface area contributed by atoms with Crippen LogP contribution < -0.4 is 10.1 Å². The maximum atomic E-state index is 12.7. The van der Waals surface area contributed by atoms with Gasteiger partial charge in [-0.15, -0.1) is 0 Å². The molecule has 0 aliphatic carbocycles. The average molecular weight is 365 g/mol. The van der Waals surface area contributed by atoms with Gasteiger partial charge in [0.15, 0.2) is 5.76 Å². The lowest BCUT2D eigenvalue weighted by Gasteiger charge is -2.10. The lowest BCUT2D eigenvalue weighted by atomic mass is 10.1. The van der Waals surface area contributed by atoms with Crippen LogP contribution >= 0.6 is 0 Å². The van der Waals surface area contributed by atoms with Crippen molar-refractivity contribution in [2.24, 2.45) is 0 Å². The topological polar surface area (TPSA) is 60.7 Å². The lowest BCUT2D eigenvalue weighted by molar-refractivity contribution is 0.0883. The second kappa shape index (κ2) is 8.27.